The number of aliphatic hydroxyl groups excluding tert-OH is 1. The molecule has 0 aromatic carbocycles. The first-order valence-electron chi connectivity index (χ1n) is 13.1. The Labute approximate surface area is 220 Å². The number of methoxy groups -OCH3 is 2. The van der Waals surface area contributed by atoms with Gasteiger partial charge < -0.3 is 34.1 Å². The summed E-state index contributed by atoms with van der Waals surface area (Å²) in [5, 5.41) is 13.8. The summed E-state index contributed by atoms with van der Waals surface area (Å²) in [6.07, 6.45) is 9.40. The summed E-state index contributed by atoms with van der Waals surface area (Å²) in [6, 6.07) is -0.0499. The van der Waals surface area contributed by atoms with Crippen molar-refractivity contribution in [3.8, 4) is 0 Å². The van der Waals surface area contributed by atoms with Gasteiger partial charge in [0.2, 0.25) is 5.91 Å². The lowest BCUT2D eigenvalue weighted by Crippen LogP contribution is -2.50. The molecule has 1 amide bonds. The minimum Gasteiger partial charge on any atom is -0.469 e. The lowest BCUT2D eigenvalue weighted by molar-refractivity contribution is -0.157. The molecule has 9 unspecified atom stereocenters. The molecule has 3 rings (SSSR count). The van der Waals surface area contributed by atoms with Crippen molar-refractivity contribution in [2.45, 2.75) is 102 Å². The van der Waals surface area contributed by atoms with Gasteiger partial charge in [-0.1, -0.05) is 36.8 Å². The highest BCUT2D eigenvalue weighted by molar-refractivity contribution is 5.87. The number of carbonyl (C=O) groups excluding carboxylic acids is 2. The fourth-order valence-electron chi connectivity index (χ4n) is 4.93. The third-order valence-electron chi connectivity index (χ3n) is 7.57. The summed E-state index contributed by atoms with van der Waals surface area (Å²) < 4.78 is 27.7. The normalized spacial score (nSPS) is 37.2. The van der Waals surface area contributed by atoms with E-state index in [9.17, 15) is 14.7 Å². The molecule has 0 aromatic heterocycles. The van der Waals surface area contributed by atoms with Gasteiger partial charge in [-0.15, -0.1) is 0 Å². The molecule has 9 heteroatoms. The third kappa shape index (κ3) is 8.22. The van der Waals surface area contributed by atoms with Gasteiger partial charge in [0.05, 0.1) is 50.6 Å². The first-order chi connectivity index (χ1) is 17.6. The van der Waals surface area contributed by atoms with Crippen molar-refractivity contribution in [1.29, 1.82) is 0 Å². The van der Waals surface area contributed by atoms with E-state index >= 15 is 0 Å². The Hall–Kier alpha value is -2.04. The molecule has 3 aliphatic rings. The van der Waals surface area contributed by atoms with Gasteiger partial charge in [0.15, 0.2) is 0 Å². The van der Waals surface area contributed by atoms with Crippen LogP contribution >= 0.6 is 0 Å². The molecule has 37 heavy (non-hydrogen) atoms. The number of hydrogen-bond donors (Lipinski definition) is 2. The van der Waals surface area contributed by atoms with Gasteiger partial charge in [0.1, 0.15) is 17.8 Å². The maximum atomic E-state index is 12.3. The number of esters is 1. The van der Waals surface area contributed by atoms with Crippen LogP contribution in [0.4, 0.5) is 0 Å². The molecule has 0 aromatic rings. The van der Waals surface area contributed by atoms with E-state index in [4.69, 9.17) is 23.7 Å². The van der Waals surface area contributed by atoms with E-state index in [0.29, 0.717) is 13.0 Å². The van der Waals surface area contributed by atoms with Gasteiger partial charge in [0.25, 0.3) is 0 Å². The van der Waals surface area contributed by atoms with E-state index in [-0.39, 0.29) is 54.7 Å². The molecule has 3 heterocycles. The van der Waals surface area contributed by atoms with Crippen LogP contribution in [0.25, 0.3) is 0 Å². The standard InChI is InChI=1S/C28H43NO8/c1-17(8-11-24-27(32)28(16-35-28)15-21(37-24)14-26(31)34-6)7-10-23-18(2)13-22(20(4)36-23)29-25(30)12-9-19(3)33-5/h7-9,11-12,18-24,27,32H,10,13-16H2,1-6H3,(H,29,30). The second kappa shape index (κ2) is 13.2. The predicted molar refractivity (Wildman–Crippen MR) is 138 cm³/mol. The average Bonchev–Trinajstić information content (AvgIpc) is 3.64. The second-order valence-corrected chi connectivity index (χ2v) is 10.6. The number of allylic oxidation sites excluding steroid dienone is 2. The Morgan fingerprint density at radius 2 is 1.95 bits per heavy atom. The molecule has 208 valence electrons. The SMILES string of the molecule is COC(=O)CC1CC2(CO2)C(O)C(C=CC(C)=CCC2OC(C)C(NC(=O)C=CC(C)OC)CC2C)O1. The second-order valence-electron chi connectivity index (χ2n) is 10.6. The highest BCUT2D eigenvalue weighted by atomic mass is 16.6. The van der Waals surface area contributed by atoms with E-state index < -0.39 is 17.8 Å². The number of hydrogen-bond acceptors (Lipinski definition) is 8. The summed E-state index contributed by atoms with van der Waals surface area (Å²) in [7, 11) is 2.96. The molecule has 0 radical (unpaired) electrons. The lowest BCUT2D eigenvalue weighted by atomic mass is 9.87. The fraction of sp³-hybridized carbons (Fsp3) is 0.714. The van der Waals surface area contributed by atoms with Crippen LogP contribution in [0.3, 0.4) is 0 Å². The molecule has 0 bridgehead atoms. The monoisotopic (exact) mass is 521 g/mol. The van der Waals surface area contributed by atoms with Crippen LogP contribution in [0.1, 0.15) is 53.4 Å². The number of amides is 1. The van der Waals surface area contributed by atoms with Crippen molar-refractivity contribution in [2.24, 2.45) is 5.92 Å². The van der Waals surface area contributed by atoms with Crippen molar-refractivity contribution in [3.63, 3.8) is 0 Å². The first kappa shape index (κ1) is 29.5. The van der Waals surface area contributed by atoms with E-state index in [1.807, 2.05) is 32.9 Å². The van der Waals surface area contributed by atoms with Crippen LogP contribution in [0.5, 0.6) is 0 Å². The zero-order valence-corrected chi connectivity index (χ0v) is 22.8. The van der Waals surface area contributed by atoms with Crippen molar-refractivity contribution in [3.05, 3.63) is 36.0 Å². The molecule has 0 saturated carbocycles. The van der Waals surface area contributed by atoms with Crippen LogP contribution in [0.15, 0.2) is 36.0 Å². The van der Waals surface area contributed by atoms with Gasteiger partial charge in [-0.3, -0.25) is 9.59 Å². The largest absolute Gasteiger partial charge is 0.469 e. The molecular formula is C28H43NO8. The van der Waals surface area contributed by atoms with Crippen LogP contribution in [-0.2, 0) is 33.3 Å². The van der Waals surface area contributed by atoms with Crippen molar-refractivity contribution < 1.29 is 38.4 Å². The Morgan fingerprint density at radius 3 is 2.59 bits per heavy atom. The van der Waals surface area contributed by atoms with Gasteiger partial charge >= 0.3 is 5.97 Å². The predicted octanol–water partition coefficient (Wildman–Crippen LogP) is 2.62. The number of aliphatic hydroxyl groups is 1. The Balaban J connectivity index is 1.51. The molecular weight excluding hydrogens is 478 g/mol. The Bertz CT molecular complexity index is 879. The molecule has 2 N–H and O–H groups in total. The molecule has 9 atom stereocenters. The van der Waals surface area contributed by atoms with Gasteiger partial charge in [0, 0.05) is 19.6 Å². The van der Waals surface area contributed by atoms with Crippen LogP contribution in [0, 0.1) is 5.92 Å². The van der Waals surface area contributed by atoms with Gasteiger partial charge in [-0.25, -0.2) is 0 Å². The minimum absolute atomic E-state index is 0.0413. The summed E-state index contributed by atoms with van der Waals surface area (Å²) in [6.45, 7) is 8.46. The summed E-state index contributed by atoms with van der Waals surface area (Å²) >= 11 is 0. The van der Waals surface area contributed by atoms with E-state index in [1.54, 1.807) is 13.2 Å². The third-order valence-corrected chi connectivity index (χ3v) is 7.57. The van der Waals surface area contributed by atoms with E-state index in [2.05, 4.69) is 18.3 Å². The van der Waals surface area contributed by atoms with E-state index in [0.717, 1.165) is 18.4 Å². The van der Waals surface area contributed by atoms with Crippen LogP contribution in [0.2, 0.25) is 0 Å². The zero-order chi connectivity index (χ0) is 27.2. The van der Waals surface area contributed by atoms with Gasteiger partial charge in [-0.2, -0.15) is 0 Å². The topological polar surface area (TPSA) is 116 Å². The number of nitrogens with one attached hydrogen (secondary N) is 1. The summed E-state index contributed by atoms with van der Waals surface area (Å²) in [5.74, 6) is -0.216. The average molecular weight is 522 g/mol. The maximum Gasteiger partial charge on any atom is 0.308 e. The number of ether oxygens (including phenoxy) is 5. The maximum absolute atomic E-state index is 12.3. The van der Waals surface area contributed by atoms with Crippen molar-refractivity contribution in [1.82, 2.24) is 5.32 Å². The first-order valence-corrected chi connectivity index (χ1v) is 13.1. The molecule has 1 spiro atoms. The minimum atomic E-state index is -0.785. The molecule has 9 nitrogen and oxygen atoms in total. The lowest BCUT2D eigenvalue weighted by Gasteiger charge is -2.39. The zero-order valence-electron chi connectivity index (χ0n) is 22.8. The molecule has 3 aliphatic heterocycles. The summed E-state index contributed by atoms with van der Waals surface area (Å²) in [5.41, 5.74) is 0.391. The van der Waals surface area contributed by atoms with E-state index in [1.165, 1.54) is 13.2 Å². The van der Waals surface area contributed by atoms with Gasteiger partial charge in [-0.05, 0) is 39.5 Å². The Morgan fingerprint density at radius 1 is 1.22 bits per heavy atom. The van der Waals surface area contributed by atoms with Crippen LogP contribution < -0.4 is 5.32 Å². The summed E-state index contributed by atoms with van der Waals surface area (Å²) in [4.78, 5) is 24.0. The smallest absolute Gasteiger partial charge is 0.308 e. The highest BCUT2D eigenvalue weighted by Gasteiger charge is 2.58. The number of epoxide rings is 1. The quantitative estimate of drug-likeness (QED) is 0.195. The molecule has 0 aliphatic carbocycles. The number of rotatable bonds is 10. The number of carbonyl (C=O) groups is 2. The van der Waals surface area contributed by atoms with Crippen molar-refractivity contribution in [2.75, 3.05) is 20.8 Å². The van der Waals surface area contributed by atoms with Crippen LogP contribution in [-0.4, -0.2) is 86.1 Å². The van der Waals surface area contributed by atoms with Crippen molar-refractivity contribution >= 4 is 11.9 Å². The molecule has 3 fully saturated rings. The molecule has 3 saturated heterocycles. The Kier molecular flexibility index (Phi) is 10.5. The fourth-order valence-corrected chi connectivity index (χ4v) is 4.93. The highest BCUT2D eigenvalue weighted by Crippen LogP contribution is 2.43.